The lowest BCUT2D eigenvalue weighted by Gasteiger charge is -2.29. The van der Waals surface area contributed by atoms with Crippen molar-refractivity contribution in [2.75, 3.05) is 13.7 Å². The van der Waals surface area contributed by atoms with Crippen molar-refractivity contribution in [1.82, 2.24) is 20.0 Å². The Morgan fingerprint density at radius 1 is 1.11 bits per heavy atom. The van der Waals surface area contributed by atoms with Crippen LogP contribution in [0.15, 0.2) is 60.8 Å². The summed E-state index contributed by atoms with van der Waals surface area (Å²) in [5, 5.41) is 16.4. The maximum absolute atomic E-state index is 13.4. The number of ether oxygens (including phenoxy) is 1. The third-order valence-corrected chi connectivity index (χ3v) is 7.10. The molecule has 180 valence electrons. The molecule has 0 spiro atoms. The first-order valence-corrected chi connectivity index (χ1v) is 11.4. The van der Waals surface area contributed by atoms with E-state index < -0.39 is 29.6 Å². The fourth-order valence-corrected chi connectivity index (χ4v) is 4.90. The minimum absolute atomic E-state index is 0.0983. The lowest BCUT2D eigenvalue weighted by atomic mass is 9.98. The van der Waals surface area contributed by atoms with E-state index in [9.17, 15) is 19.5 Å². The number of benzene rings is 2. The fourth-order valence-electron chi connectivity index (χ4n) is 4.90. The van der Waals surface area contributed by atoms with E-state index >= 15 is 0 Å². The number of carboxylic acids is 1. The minimum atomic E-state index is -1.24. The number of amides is 2. The van der Waals surface area contributed by atoms with Crippen molar-refractivity contribution < 1.29 is 24.2 Å². The molecule has 0 aliphatic heterocycles. The topological polar surface area (TPSA) is 114 Å². The van der Waals surface area contributed by atoms with Crippen molar-refractivity contribution in [3.05, 3.63) is 77.6 Å². The zero-order valence-corrected chi connectivity index (χ0v) is 19.5. The van der Waals surface area contributed by atoms with Crippen LogP contribution in [0.1, 0.15) is 41.6 Å². The number of likely N-dealkylation sites (N-methyl/N-ethyl adjacent to an activating group) is 1. The first kappa shape index (κ1) is 22.6. The van der Waals surface area contributed by atoms with Crippen LogP contribution >= 0.6 is 0 Å². The molecule has 9 nitrogen and oxygen atoms in total. The van der Waals surface area contributed by atoms with E-state index in [4.69, 9.17) is 4.74 Å². The third kappa shape index (κ3) is 3.82. The summed E-state index contributed by atoms with van der Waals surface area (Å²) in [7, 11) is 3.10. The molecule has 3 aromatic rings. The molecular weight excluding hydrogens is 448 g/mol. The fraction of sp³-hybridized carbons (Fsp3) is 0.308. The van der Waals surface area contributed by atoms with Crippen LogP contribution in [-0.2, 0) is 21.4 Å². The van der Waals surface area contributed by atoms with E-state index in [1.807, 2.05) is 36.4 Å². The average molecular weight is 475 g/mol. The smallest absolute Gasteiger partial charge is 0.408 e. The Kier molecular flexibility index (Phi) is 5.55. The third-order valence-electron chi connectivity index (χ3n) is 7.10. The van der Waals surface area contributed by atoms with Crippen LogP contribution in [0, 0.1) is 0 Å². The van der Waals surface area contributed by atoms with Gasteiger partial charge in [0, 0.05) is 26.2 Å². The zero-order valence-electron chi connectivity index (χ0n) is 19.5. The van der Waals surface area contributed by atoms with Crippen molar-refractivity contribution in [3.63, 3.8) is 0 Å². The second-order valence-corrected chi connectivity index (χ2v) is 9.02. The lowest BCUT2D eigenvalue weighted by Crippen LogP contribution is -2.50. The van der Waals surface area contributed by atoms with Gasteiger partial charge in [-0.2, -0.15) is 5.10 Å². The highest BCUT2D eigenvalue weighted by molar-refractivity contribution is 5.93. The number of aryl methyl sites for hydroxylation is 1. The van der Waals surface area contributed by atoms with Crippen molar-refractivity contribution >= 4 is 18.0 Å². The van der Waals surface area contributed by atoms with Gasteiger partial charge in [0.2, 0.25) is 0 Å². The molecule has 1 atom stereocenters. The van der Waals surface area contributed by atoms with E-state index in [2.05, 4.69) is 22.5 Å². The molecule has 2 N–H and O–H groups in total. The monoisotopic (exact) mass is 474 g/mol. The molecule has 1 saturated carbocycles. The van der Waals surface area contributed by atoms with E-state index in [1.165, 1.54) is 22.8 Å². The summed E-state index contributed by atoms with van der Waals surface area (Å²) >= 11 is 0. The summed E-state index contributed by atoms with van der Waals surface area (Å²) in [6, 6.07) is 16.5. The van der Waals surface area contributed by atoms with E-state index in [0.717, 1.165) is 22.3 Å². The van der Waals surface area contributed by atoms with Crippen LogP contribution in [0.25, 0.3) is 11.1 Å². The molecule has 0 bridgehead atoms. The van der Waals surface area contributed by atoms with E-state index in [0.29, 0.717) is 18.5 Å². The molecule has 1 unspecified atom stereocenters. The lowest BCUT2D eigenvalue weighted by molar-refractivity contribution is -0.151. The number of hydrogen-bond donors (Lipinski definition) is 2. The highest BCUT2D eigenvalue weighted by Gasteiger charge is 2.56. The molecule has 2 aliphatic rings. The van der Waals surface area contributed by atoms with Crippen molar-refractivity contribution in [2.45, 2.75) is 30.3 Å². The van der Waals surface area contributed by atoms with Gasteiger partial charge in [0.05, 0.1) is 5.69 Å². The number of rotatable bonds is 7. The largest absolute Gasteiger partial charge is 0.479 e. The number of aliphatic carboxylic acids is 1. The van der Waals surface area contributed by atoms with E-state index in [-0.39, 0.29) is 12.5 Å². The Labute approximate surface area is 202 Å². The van der Waals surface area contributed by atoms with Gasteiger partial charge in [-0.15, -0.1) is 0 Å². The summed E-state index contributed by atoms with van der Waals surface area (Å²) < 4.78 is 7.09. The van der Waals surface area contributed by atoms with Crippen molar-refractivity contribution in [2.24, 2.45) is 7.05 Å². The van der Waals surface area contributed by atoms with Gasteiger partial charge < -0.3 is 20.1 Å². The Balaban J connectivity index is 1.34. The number of carbonyl (C=O) groups excluding carboxylic acids is 2. The molecule has 9 heteroatoms. The van der Waals surface area contributed by atoms with Gasteiger partial charge in [-0.05, 0) is 41.2 Å². The van der Waals surface area contributed by atoms with Crippen LogP contribution in [0.4, 0.5) is 4.79 Å². The molecule has 5 rings (SSSR count). The molecule has 2 amide bonds. The molecule has 35 heavy (non-hydrogen) atoms. The molecule has 1 aromatic heterocycles. The molecule has 0 radical (unpaired) electrons. The number of alkyl carbamates (subject to hydrolysis) is 1. The van der Waals surface area contributed by atoms with Crippen molar-refractivity contribution in [1.29, 1.82) is 0 Å². The SMILES string of the molecule is CN(C(=O)C(NC(=O)OCC1c2ccccc2-c2ccccc21)c1ccnn1C)C1(C(=O)O)CC1. The van der Waals surface area contributed by atoms with Gasteiger partial charge in [-0.1, -0.05) is 48.5 Å². The minimum Gasteiger partial charge on any atom is -0.479 e. The number of carbonyl (C=O) groups is 3. The maximum Gasteiger partial charge on any atom is 0.408 e. The van der Waals surface area contributed by atoms with Crippen molar-refractivity contribution in [3.8, 4) is 11.1 Å². The second-order valence-electron chi connectivity index (χ2n) is 9.02. The van der Waals surface area contributed by atoms with Crippen LogP contribution in [0.5, 0.6) is 0 Å². The molecule has 0 saturated heterocycles. The van der Waals surface area contributed by atoms with Gasteiger partial charge in [0.25, 0.3) is 5.91 Å². The normalized spacial score (nSPS) is 16.1. The standard InChI is InChI=1S/C26H26N4O5/c1-29(26(12-13-26)24(32)33)23(31)22(21-11-14-27-30(21)2)28-25(34)35-15-20-18-9-5-3-7-16(18)17-8-4-6-10-19(17)20/h3-11,14,20,22H,12-13,15H2,1-2H3,(H,28,34)(H,32,33). The summed E-state index contributed by atoms with van der Waals surface area (Å²) in [6.45, 7) is 0.0983. The molecular formula is C26H26N4O5. The highest BCUT2D eigenvalue weighted by atomic mass is 16.5. The predicted molar refractivity (Wildman–Crippen MR) is 127 cm³/mol. The Hall–Kier alpha value is -4.14. The summed E-state index contributed by atoms with van der Waals surface area (Å²) in [4.78, 5) is 39.2. The molecule has 1 heterocycles. The quantitative estimate of drug-likeness (QED) is 0.544. The number of hydrogen-bond acceptors (Lipinski definition) is 5. The van der Waals surface area contributed by atoms with Crippen LogP contribution in [0.2, 0.25) is 0 Å². The second kappa shape index (κ2) is 8.57. The number of aromatic nitrogens is 2. The molecule has 2 aromatic carbocycles. The van der Waals surface area contributed by atoms with Gasteiger partial charge in [0.1, 0.15) is 12.1 Å². The zero-order chi connectivity index (χ0) is 24.7. The molecule has 1 fully saturated rings. The average Bonchev–Trinajstić information content (AvgIpc) is 3.48. The molecule has 2 aliphatic carbocycles. The van der Waals surface area contributed by atoms with Crippen LogP contribution in [0.3, 0.4) is 0 Å². The van der Waals surface area contributed by atoms with E-state index in [1.54, 1.807) is 13.1 Å². The van der Waals surface area contributed by atoms with Gasteiger partial charge in [-0.3, -0.25) is 9.48 Å². The number of carboxylic acid groups (broad SMARTS) is 1. The Bertz CT molecular complexity index is 1270. The number of nitrogens with zero attached hydrogens (tertiary/aromatic N) is 3. The predicted octanol–water partition coefficient (Wildman–Crippen LogP) is 3.08. The summed E-state index contributed by atoms with van der Waals surface area (Å²) in [5.41, 5.74) is 3.58. The first-order valence-electron chi connectivity index (χ1n) is 11.4. The van der Waals surface area contributed by atoms with Crippen LogP contribution in [-0.4, -0.2) is 57.0 Å². The van der Waals surface area contributed by atoms with Crippen LogP contribution < -0.4 is 5.32 Å². The summed E-state index contributed by atoms with van der Waals surface area (Å²) in [6.07, 6.45) is 1.49. The Morgan fingerprint density at radius 2 is 1.71 bits per heavy atom. The first-order chi connectivity index (χ1) is 16.8. The Morgan fingerprint density at radius 3 is 2.23 bits per heavy atom. The van der Waals surface area contributed by atoms with Gasteiger partial charge in [-0.25, -0.2) is 9.59 Å². The number of fused-ring (bicyclic) bond motifs is 3. The van der Waals surface area contributed by atoms with Gasteiger partial charge in [0.15, 0.2) is 6.04 Å². The maximum atomic E-state index is 13.4. The number of nitrogens with one attached hydrogen (secondary N) is 1. The summed E-state index contributed by atoms with van der Waals surface area (Å²) in [5.74, 6) is -1.72. The van der Waals surface area contributed by atoms with Gasteiger partial charge >= 0.3 is 12.1 Å². The highest BCUT2D eigenvalue weighted by Crippen LogP contribution is 2.45.